The number of benzene rings is 2. The third kappa shape index (κ3) is 5.03. The summed E-state index contributed by atoms with van der Waals surface area (Å²) in [6.45, 7) is 0. The molecule has 0 aliphatic heterocycles. The van der Waals surface area contributed by atoms with Gasteiger partial charge in [-0.3, -0.25) is 14.9 Å². The van der Waals surface area contributed by atoms with Gasteiger partial charge in [-0.2, -0.15) is 13.2 Å². The molecule has 0 fully saturated rings. The smallest absolute Gasteiger partial charge is 0.433 e. The molecule has 0 aliphatic rings. The fraction of sp³-hybridized carbons (Fsp3) is 0.0526. The summed E-state index contributed by atoms with van der Waals surface area (Å²) >= 11 is 5.93. The fourth-order valence-corrected chi connectivity index (χ4v) is 2.56. The van der Waals surface area contributed by atoms with Gasteiger partial charge in [0.15, 0.2) is 0 Å². The van der Waals surface area contributed by atoms with Crippen LogP contribution < -0.4 is 10.1 Å². The van der Waals surface area contributed by atoms with Gasteiger partial charge in [0.1, 0.15) is 11.4 Å². The van der Waals surface area contributed by atoms with E-state index in [-0.39, 0.29) is 27.9 Å². The number of nitrogens with zero attached hydrogens (tertiary/aromatic N) is 2. The number of hydrogen-bond donors (Lipinski definition) is 1. The second kappa shape index (κ2) is 8.37. The maximum absolute atomic E-state index is 12.7. The molecule has 0 radical (unpaired) electrons. The van der Waals surface area contributed by atoms with Crippen molar-refractivity contribution in [3.8, 4) is 11.6 Å². The van der Waals surface area contributed by atoms with Crippen LogP contribution in [0, 0.1) is 10.1 Å². The summed E-state index contributed by atoms with van der Waals surface area (Å²) in [5, 5.41) is 13.4. The Kier molecular flexibility index (Phi) is 5.88. The summed E-state index contributed by atoms with van der Waals surface area (Å²) in [6.07, 6.45) is -4.60. The highest BCUT2D eigenvalue weighted by atomic mass is 35.5. The lowest BCUT2D eigenvalue weighted by Crippen LogP contribution is -2.12. The van der Waals surface area contributed by atoms with Gasteiger partial charge in [0.25, 0.3) is 11.6 Å². The molecule has 2 aromatic carbocycles. The van der Waals surface area contributed by atoms with Crippen molar-refractivity contribution in [2.24, 2.45) is 0 Å². The summed E-state index contributed by atoms with van der Waals surface area (Å²) in [6, 6.07) is 12.4. The van der Waals surface area contributed by atoms with E-state index >= 15 is 0 Å². The molecule has 0 aliphatic carbocycles. The molecule has 30 heavy (non-hydrogen) atoms. The Morgan fingerprint density at radius 3 is 2.43 bits per heavy atom. The van der Waals surface area contributed by atoms with E-state index in [2.05, 4.69) is 10.3 Å². The predicted octanol–water partition coefficient (Wildman–Crippen LogP) is 5.71. The van der Waals surface area contributed by atoms with Gasteiger partial charge >= 0.3 is 6.18 Å². The number of halogens is 4. The highest BCUT2D eigenvalue weighted by molar-refractivity contribution is 6.34. The highest BCUT2D eigenvalue weighted by Crippen LogP contribution is 2.30. The van der Waals surface area contributed by atoms with E-state index in [1.54, 1.807) is 0 Å². The van der Waals surface area contributed by atoms with Crippen molar-refractivity contribution in [2.75, 3.05) is 5.32 Å². The molecule has 0 saturated heterocycles. The molecule has 11 heteroatoms. The average molecular weight is 438 g/mol. The van der Waals surface area contributed by atoms with E-state index in [1.165, 1.54) is 48.5 Å². The normalized spacial score (nSPS) is 11.1. The van der Waals surface area contributed by atoms with Gasteiger partial charge in [-0.05, 0) is 36.4 Å². The van der Waals surface area contributed by atoms with Gasteiger partial charge in [0, 0.05) is 23.9 Å². The summed E-state index contributed by atoms with van der Waals surface area (Å²) in [5.41, 5.74) is -1.15. The molecule has 0 bridgehead atoms. The van der Waals surface area contributed by atoms with Crippen molar-refractivity contribution in [1.82, 2.24) is 4.98 Å². The summed E-state index contributed by atoms with van der Waals surface area (Å²) in [5.74, 6) is -0.727. The SMILES string of the molecule is O=C(Nc1ccc(Oc2cccc(C(F)(F)F)n2)cc1)c1cc([N+](=O)[O-])ccc1Cl. The number of hydrogen-bond acceptors (Lipinski definition) is 5. The van der Waals surface area contributed by atoms with Crippen molar-refractivity contribution in [1.29, 1.82) is 0 Å². The van der Waals surface area contributed by atoms with Gasteiger partial charge in [-0.15, -0.1) is 0 Å². The van der Waals surface area contributed by atoms with Crippen molar-refractivity contribution in [3.63, 3.8) is 0 Å². The molecule has 1 heterocycles. The van der Waals surface area contributed by atoms with Gasteiger partial charge in [-0.1, -0.05) is 17.7 Å². The van der Waals surface area contributed by atoms with E-state index in [0.717, 1.165) is 12.1 Å². The van der Waals surface area contributed by atoms with Crippen LogP contribution in [-0.4, -0.2) is 15.8 Å². The van der Waals surface area contributed by atoms with Gasteiger partial charge < -0.3 is 10.1 Å². The third-order valence-electron chi connectivity index (χ3n) is 3.75. The van der Waals surface area contributed by atoms with Crippen LogP contribution in [0.2, 0.25) is 5.02 Å². The molecular formula is C19H11ClF3N3O4. The minimum atomic E-state index is -4.60. The Balaban J connectivity index is 1.72. The first-order chi connectivity index (χ1) is 14.1. The van der Waals surface area contributed by atoms with Crippen molar-refractivity contribution >= 4 is 28.9 Å². The zero-order valence-electron chi connectivity index (χ0n) is 14.8. The predicted molar refractivity (Wildman–Crippen MR) is 102 cm³/mol. The molecule has 3 rings (SSSR count). The monoisotopic (exact) mass is 437 g/mol. The molecule has 0 unspecified atom stereocenters. The first kappa shape index (κ1) is 21.1. The third-order valence-corrected chi connectivity index (χ3v) is 4.08. The summed E-state index contributed by atoms with van der Waals surface area (Å²) in [4.78, 5) is 26.0. The van der Waals surface area contributed by atoms with E-state index in [9.17, 15) is 28.1 Å². The number of nitrogens with one attached hydrogen (secondary N) is 1. The van der Waals surface area contributed by atoms with Crippen LogP contribution in [0.15, 0.2) is 60.7 Å². The second-order valence-corrected chi connectivity index (χ2v) is 6.27. The number of alkyl halides is 3. The van der Waals surface area contributed by atoms with Gasteiger partial charge in [0.05, 0.1) is 15.5 Å². The molecule has 7 nitrogen and oxygen atoms in total. The number of anilines is 1. The van der Waals surface area contributed by atoms with Crippen LogP contribution in [0.3, 0.4) is 0 Å². The lowest BCUT2D eigenvalue weighted by atomic mass is 10.2. The van der Waals surface area contributed by atoms with Crippen LogP contribution in [0.5, 0.6) is 11.6 Å². The number of pyridine rings is 1. The highest BCUT2D eigenvalue weighted by Gasteiger charge is 2.32. The number of carbonyl (C=O) groups excluding carboxylic acids is 1. The Hall–Kier alpha value is -3.66. The quantitative estimate of drug-likeness (QED) is 0.407. The number of nitro benzene ring substituents is 1. The minimum absolute atomic E-state index is 0.0358. The van der Waals surface area contributed by atoms with E-state index in [0.29, 0.717) is 5.69 Å². The Morgan fingerprint density at radius 1 is 1.10 bits per heavy atom. The molecule has 3 aromatic rings. The van der Waals surface area contributed by atoms with E-state index in [4.69, 9.17) is 16.3 Å². The lowest BCUT2D eigenvalue weighted by molar-refractivity contribution is -0.384. The van der Waals surface area contributed by atoms with Crippen LogP contribution in [0.25, 0.3) is 0 Å². The first-order valence-corrected chi connectivity index (χ1v) is 8.59. The molecule has 0 saturated carbocycles. The number of non-ortho nitro benzene ring substituents is 1. The molecule has 1 amide bonds. The Morgan fingerprint density at radius 2 is 1.80 bits per heavy atom. The van der Waals surface area contributed by atoms with Crippen LogP contribution in [0.1, 0.15) is 16.1 Å². The largest absolute Gasteiger partial charge is 0.439 e. The molecule has 1 N–H and O–H groups in total. The maximum Gasteiger partial charge on any atom is 0.433 e. The van der Waals surface area contributed by atoms with Crippen LogP contribution in [0.4, 0.5) is 24.5 Å². The first-order valence-electron chi connectivity index (χ1n) is 8.21. The van der Waals surface area contributed by atoms with E-state index in [1.807, 2.05) is 0 Å². The van der Waals surface area contributed by atoms with Crippen LogP contribution >= 0.6 is 11.6 Å². The molecule has 1 aromatic heterocycles. The van der Waals surface area contributed by atoms with Gasteiger partial charge in [0.2, 0.25) is 5.88 Å². The average Bonchev–Trinajstić information content (AvgIpc) is 2.69. The van der Waals surface area contributed by atoms with Crippen LogP contribution in [-0.2, 0) is 6.18 Å². The van der Waals surface area contributed by atoms with Crippen molar-refractivity contribution < 1.29 is 27.6 Å². The zero-order chi connectivity index (χ0) is 21.9. The standard InChI is InChI=1S/C19H11ClF3N3O4/c20-15-9-6-12(26(28)29)10-14(15)18(27)24-11-4-7-13(8-5-11)30-17-3-1-2-16(25-17)19(21,22)23/h1-10H,(H,24,27). The second-order valence-electron chi connectivity index (χ2n) is 5.86. The summed E-state index contributed by atoms with van der Waals surface area (Å²) < 4.78 is 43.4. The lowest BCUT2D eigenvalue weighted by Gasteiger charge is -2.10. The minimum Gasteiger partial charge on any atom is -0.439 e. The van der Waals surface area contributed by atoms with Crippen molar-refractivity contribution in [3.05, 3.63) is 87.1 Å². The molecule has 0 atom stereocenters. The Bertz CT molecular complexity index is 1100. The molecular weight excluding hydrogens is 427 g/mol. The molecule has 154 valence electrons. The molecule has 0 spiro atoms. The fourth-order valence-electron chi connectivity index (χ4n) is 2.36. The number of carbonyl (C=O) groups is 1. The topological polar surface area (TPSA) is 94.4 Å². The van der Waals surface area contributed by atoms with E-state index < -0.39 is 22.7 Å². The number of ether oxygens (including phenoxy) is 1. The number of rotatable bonds is 5. The Labute approximate surface area is 172 Å². The number of amides is 1. The maximum atomic E-state index is 12.7. The number of aromatic nitrogens is 1. The zero-order valence-corrected chi connectivity index (χ0v) is 15.6. The van der Waals surface area contributed by atoms with Gasteiger partial charge in [-0.25, -0.2) is 4.98 Å². The van der Waals surface area contributed by atoms with Crippen molar-refractivity contribution in [2.45, 2.75) is 6.18 Å². The summed E-state index contributed by atoms with van der Waals surface area (Å²) in [7, 11) is 0. The number of nitro groups is 1.